The predicted octanol–water partition coefficient (Wildman–Crippen LogP) is 2.86. The van der Waals surface area contributed by atoms with E-state index in [1.54, 1.807) is 50.2 Å². The summed E-state index contributed by atoms with van der Waals surface area (Å²) in [5.74, 6) is -0.614. The van der Waals surface area contributed by atoms with Crippen LogP contribution in [0.1, 0.15) is 47.4 Å². The fourth-order valence-corrected chi connectivity index (χ4v) is 4.45. The van der Waals surface area contributed by atoms with Gasteiger partial charge in [-0.2, -0.15) is 4.31 Å². The van der Waals surface area contributed by atoms with Crippen LogP contribution in [-0.4, -0.2) is 43.7 Å². The van der Waals surface area contributed by atoms with Gasteiger partial charge in [-0.05, 0) is 49.2 Å². The van der Waals surface area contributed by atoms with Gasteiger partial charge in [-0.15, -0.1) is 0 Å². The second kappa shape index (κ2) is 8.75. The van der Waals surface area contributed by atoms with Crippen molar-refractivity contribution in [1.29, 1.82) is 0 Å². The number of carbonyl (C=O) groups is 2. The molecule has 1 aliphatic rings. The van der Waals surface area contributed by atoms with Crippen molar-refractivity contribution in [2.45, 2.75) is 37.6 Å². The van der Waals surface area contributed by atoms with Crippen LogP contribution in [0.3, 0.4) is 0 Å². The van der Waals surface area contributed by atoms with Gasteiger partial charge in [-0.25, -0.2) is 8.42 Å². The molecule has 0 saturated heterocycles. The van der Waals surface area contributed by atoms with Crippen molar-refractivity contribution in [3.63, 3.8) is 0 Å². The van der Waals surface area contributed by atoms with E-state index in [1.807, 2.05) is 0 Å². The number of anilines is 1. The minimum atomic E-state index is -3.65. The lowest BCUT2D eigenvalue weighted by atomic mass is 10.1. The van der Waals surface area contributed by atoms with E-state index >= 15 is 0 Å². The molecule has 8 heteroatoms. The van der Waals surface area contributed by atoms with Crippen LogP contribution in [0.15, 0.2) is 53.4 Å². The SMILES string of the molecule is CCN(CC)S(=O)(=O)c1cccc(C(=O)Nc2cccc(C(=O)NC3CC3)c2)c1. The minimum absolute atomic E-state index is 0.0754. The smallest absolute Gasteiger partial charge is 0.255 e. The van der Waals surface area contributed by atoms with E-state index in [4.69, 9.17) is 0 Å². The number of nitrogens with zero attached hydrogens (tertiary/aromatic N) is 1. The first kappa shape index (κ1) is 21.0. The summed E-state index contributed by atoms with van der Waals surface area (Å²) in [5.41, 5.74) is 1.16. The van der Waals surface area contributed by atoms with Crippen LogP contribution in [0.4, 0.5) is 5.69 Å². The molecule has 0 atom stereocenters. The average Bonchev–Trinajstić information content (AvgIpc) is 3.53. The largest absolute Gasteiger partial charge is 0.349 e. The van der Waals surface area contributed by atoms with Gasteiger partial charge >= 0.3 is 0 Å². The fourth-order valence-electron chi connectivity index (χ4n) is 2.95. The van der Waals surface area contributed by atoms with E-state index in [-0.39, 0.29) is 22.4 Å². The van der Waals surface area contributed by atoms with Crippen molar-refractivity contribution < 1.29 is 18.0 Å². The topological polar surface area (TPSA) is 95.6 Å². The standard InChI is InChI=1S/C21H25N3O4S/c1-3-24(4-2)29(27,28)19-10-6-8-16(14-19)21(26)23-18-9-5-7-15(13-18)20(25)22-17-11-12-17/h5-10,13-14,17H,3-4,11-12H2,1-2H3,(H,22,25)(H,23,26). The lowest BCUT2D eigenvalue weighted by molar-refractivity contribution is 0.0949. The molecule has 2 aromatic rings. The molecule has 2 aromatic carbocycles. The Morgan fingerprint density at radius 2 is 1.59 bits per heavy atom. The maximum atomic E-state index is 12.7. The van der Waals surface area contributed by atoms with Gasteiger partial charge in [0, 0.05) is 35.9 Å². The van der Waals surface area contributed by atoms with Gasteiger partial charge in [0.05, 0.1) is 4.90 Å². The molecule has 0 bridgehead atoms. The van der Waals surface area contributed by atoms with Gasteiger partial charge in [0.15, 0.2) is 0 Å². The maximum Gasteiger partial charge on any atom is 0.255 e. The molecule has 0 aliphatic heterocycles. The molecule has 7 nitrogen and oxygen atoms in total. The van der Waals surface area contributed by atoms with Crippen LogP contribution < -0.4 is 10.6 Å². The number of benzene rings is 2. The monoisotopic (exact) mass is 415 g/mol. The van der Waals surface area contributed by atoms with Gasteiger partial charge in [0.2, 0.25) is 10.0 Å². The Labute approximate surface area is 171 Å². The van der Waals surface area contributed by atoms with Gasteiger partial charge in [-0.1, -0.05) is 26.0 Å². The van der Waals surface area contributed by atoms with Crippen molar-refractivity contribution in [1.82, 2.24) is 9.62 Å². The predicted molar refractivity (Wildman–Crippen MR) is 111 cm³/mol. The Kier molecular flexibility index (Phi) is 6.34. The lowest BCUT2D eigenvalue weighted by Crippen LogP contribution is -2.30. The highest BCUT2D eigenvalue weighted by Gasteiger charge is 2.24. The zero-order valence-corrected chi connectivity index (χ0v) is 17.3. The summed E-state index contributed by atoms with van der Waals surface area (Å²) < 4.78 is 26.7. The molecule has 2 N–H and O–H groups in total. The third kappa shape index (κ3) is 5.02. The van der Waals surface area contributed by atoms with Crippen molar-refractivity contribution in [2.24, 2.45) is 0 Å². The molecule has 0 unspecified atom stereocenters. The Morgan fingerprint density at radius 1 is 0.966 bits per heavy atom. The van der Waals surface area contributed by atoms with E-state index in [9.17, 15) is 18.0 Å². The zero-order valence-electron chi connectivity index (χ0n) is 16.5. The Hall–Kier alpha value is -2.71. The van der Waals surface area contributed by atoms with Crippen LogP contribution in [0, 0.1) is 0 Å². The van der Waals surface area contributed by atoms with Crippen LogP contribution >= 0.6 is 0 Å². The highest BCUT2D eigenvalue weighted by atomic mass is 32.2. The summed E-state index contributed by atoms with van der Waals surface area (Å²) >= 11 is 0. The van der Waals surface area contributed by atoms with Crippen molar-refractivity contribution in [2.75, 3.05) is 18.4 Å². The number of sulfonamides is 1. The quantitative estimate of drug-likeness (QED) is 0.693. The van der Waals surface area contributed by atoms with E-state index in [0.717, 1.165) is 12.8 Å². The summed E-state index contributed by atoms with van der Waals surface area (Å²) in [6, 6.07) is 12.9. The molecule has 0 heterocycles. The Bertz CT molecular complexity index is 1010. The van der Waals surface area contributed by atoms with Gasteiger partial charge in [0.25, 0.3) is 11.8 Å². The minimum Gasteiger partial charge on any atom is -0.349 e. The molecule has 3 rings (SSSR count). The van der Waals surface area contributed by atoms with Gasteiger partial charge in [-0.3, -0.25) is 9.59 Å². The molecule has 154 valence electrons. The molecule has 29 heavy (non-hydrogen) atoms. The number of carbonyl (C=O) groups excluding carboxylic acids is 2. The first-order valence-corrected chi connectivity index (χ1v) is 11.1. The fraction of sp³-hybridized carbons (Fsp3) is 0.333. The van der Waals surface area contributed by atoms with E-state index in [0.29, 0.717) is 24.3 Å². The van der Waals surface area contributed by atoms with E-state index < -0.39 is 15.9 Å². The zero-order chi connectivity index (χ0) is 21.0. The third-order valence-corrected chi connectivity index (χ3v) is 6.78. The average molecular weight is 416 g/mol. The molecule has 0 spiro atoms. The molecular weight excluding hydrogens is 390 g/mol. The highest BCUT2D eigenvalue weighted by molar-refractivity contribution is 7.89. The van der Waals surface area contributed by atoms with Crippen molar-refractivity contribution in [3.05, 3.63) is 59.7 Å². The normalized spacial score (nSPS) is 13.9. The van der Waals surface area contributed by atoms with E-state index in [1.165, 1.54) is 16.4 Å². The molecule has 1 fully saturated rings. The van der Waals surface area contributed by atoms with Gasteiger partial charge in [0.1, 0.15) is 0 Å². The molecule has 1 saturated carbocycles. The molecular formula is C21H25N3O4S. The van der Waals surface area contributed by atoms with Crippen LogP contribution in [0.25, 0.3) is 0 Å². The van der Waals surface area contributed by atoms with Crippen LogP contribution in [0.5, 0.6) is 0 Å². The third-order valence-electron chi connectivity index (χ3n) is 4.73. The second-order valence-corrected chi connectivity index (χ2v) is 8.84. The van der Waals surface area contributed by atoms with Crippen molar-refractivity contribution >= 4 is 27.5 Å². The number of rotatable bonds is 8. The Balaban J connectivity index is 1.77. The van der Waals surface area contributed by atoms with Gasteiger partial charge < -0.3 is 10.6 Å². The molecule has 0 aromatic heterocycles. The first-order chi connectivity index (χ1) is 13.8. The summed E-state index contributed by atoms with van der Waals surface area (Å²) in [7, 11) is -3.65. The number of hydrogen-bond acceptors (Lipinski definition) is 4. The number of hydrogen-bond donors (Lipinski definition) is 2. The molecule has 2 amide bonds. The van der Waals surface area contributed by atoms with Crippen LogP contribution in [-0.2, 0) is 10.0 Å². The van der Waals surface area contributed by atoms with Crippen molar-refractivity contribution in [3.8, 4) is 0 Å². The summed E-state index contributed by atoms with van der Waals surface area (Å²) in [4.78, 5) is 24.9. The summed E-state index contributed by atoms with van der Waals surface area (Å²) in [6.45, 7) is 4.24. The highest BCUT2D eigenvalue weighted by Crippen LogP contribution is 2.21. The maximum absolute atomic E-state index is 12.7. The number of nitrogens with one attached hydrogen (secondary N) is 2. The van der Waals surface area contributed by atoms with Crippen LogP contribution in [0.2, 0.25) is 0 Å². The molecule has 0 radical (unpaired) electrons. The summed E-state index contributed by atoms with van der Waals surface area (Å²) in [6.07, 6.45) is 1.99. The summed E-state index contributed by atoms with van der Waals surface area (Å²) in [5, 5.41) is 5.64. The van der Waals surface area contributed by atoms with E-state index in [2.05, 4.69) is 10.6 Å². The number of amides is 2. The lowest BCUT2D eigenvalue weighted by Gasteiger charge is -2.18. The molecule has 1 aliphatic carbocycles. The first-order valence-electron chi connectivity index (χ1n) is 9.67. The Morgan fingerprint density at radius 3 is 2.21 bits per heavy atom. The second-order valence-electron chi connectivity index (χ2n) is 6.90.